The number of rotatable bonds is 2. The lowest BCUT2D eigenvalue weighted by molar-refractivity contribution is 1.23. The number of hydrogen-bond acceptors (Lipinski definition) is 1. The zero-order valence-electron chi connectivity index (χ0n) is 17.7. The maximum absolute atomic E-state index is 4.81. The third kappa shape index (κ3) is 2.55. The maximum atomic E-state index is 4.81. The van der Waals surface area contributed by atoms with Gasteiger partial charge in [0.15, 0.2) is 0 Å². The van der Waals surface area contributed by atoms with E-state index in [2.05, 4.69) is 97.1 Å². The number of aromatic nitrogens is 1. The molecule has 0 atom stereocenters. The summed E-state index contributed by atoms with van der Waals surface area (Å²) in [6.45, 7) is 0. The van der Waals surface area contributed by atoms with Crippen molar-refractivity contribution in [2.75, 3.05) is 0 Å². The molecule has 0 bridgehead atoms. The zero-order valence-corrected chi connectivity index (χ0v) is 17.7. The van der Waals surface area contributed by atoms with Crippen LogP contribution in [0.4, 0.5) is 0 Å². The summed E-state index contributed by atoms with van der Waals surface area (Å²) in [6, 6.07) is 35.3. The van der Waals surface area contributed by atoms with Gasteiger partial charge in [-0.1, -0.05) is 84.9 Å². The Morgan fingerprint density at radius 3 is 1.69 bits per heavy atom. The molecule has 2 aliphatic carbocycles. The predicted octanol–water partition coefficient (Wildman–Crippen LogP) is 7.56. The standard InChI is InChI=1S/C31H21N/c1-3-9-23-20(7-1)17-29-25(11-5-12-26(23)29)22-15-16-32-31(19-22)28-14-6-13-27-24-10-4-2-8-21(24)18-30(27)28/h1-16,19H,17-18H2. The van der Waals surface area contributed by atoms with Crippen molar-refractivity contribution in [3.8, 4) is 44.6 Å². The van der Waals surface area contributed by atoms with Crippen LogP contribution in [0.25, 0.3) is 44.6 Å². The average molecular weight is 408 g/mol. The molecule has 4 aromatic carbocycles. The van der Waals surface area contributed by atoms with Gasteiger partial charge >= 0.3 is 0 Å². The monoisotopic (exact) mass is 407 g/mol. The average Bonchev–Trinajstić information content (AvgIpc) is 3.42. The summed E-state index contributed by atoms with van der Waals surface area (Å²) in [4.78, 5) is 4.81. The fraction of sp³-hybridized carbons (Fsp3) is 0.0645. The largest absolute Gasteiger partial charge is 0.256 e. The van der Waals surface area contributed by atoms with Crippen LogP contribution < -0.4 is 0 Å². The molecule has 0 unspecified atom stereocenters. The molecule has 32 heavy (non-hydrogen) atoms. The maximum Gasteiger partial charge on any atom is 0.0711 e. The summed E-state index contributed by atoms with van der Waals surface area (Å²) < 4.78 is 0. The molecule has 150 valence electrons. The summed E-state index contributed by atoms with van der Waals surface area (Å²) in [5, 5.41) is 0. The van der Waals surface area contributed by atoms with Crippen molar-refractivity contribution in [3.05, 3.63) is 126 Å². The van der Waals surface area contributed by atoms with Crippen molar-refractivity contribution in [2.45, 2.75) is 12.8 Å². The normalized spacial score (nSPS) is 12.8. The molecule has 0 aliphatic heterocycles. The lowest BCUT2D eigenvalue weighted by Crippen LogP contribution is -1.93. The number of nitrogens with zero attached hydrogens (tertiary/aromatic N) is 1. The highest BCUT2D eigenvalue weighted by Gasteiger charge is 2.23. The van der Waals surface area contributed by atoms with Crippen molar-refractivity contribution in [1.29, 1.82) is 0 Å². The molecular formula is C31H21N. The van der Waals surface area contributed by atoms with Crippen molar-refractivity contribution in [3.63, 3.8) is 0 Å². The van der Waals surface area contributed by atoms with Crippen LogP contribution in [0.1, 0.15) is 22.3 Å². The van der Waals surface area contributed by atoms with Crippen molar-refractivity contribution in [2.24, 2.45) is 0 Å². The van der Waals surface area contributed by atoms with E-state index in [0.29, 0.717) is 0 Å². The van der Waals surface area contributed by atoms with Gasteiger partial charge in [0.2, 0.25) is 0 Å². The van der Waals surface area contributed by atoms with E-state index in [1.165, 1.54) is 61.2 Å². The van der Waals surface area contributed by atoms with Crippen LogP contribution in [0.5, 0.6) is 0 Å². The highest BCUT2D eigenvalue weighted by molar-refractivity contribution is 5.87. The Kier molecular flexibility index (Phi) is 3.74. The van der Waals surface area contributed by atoms with Gasteiger partial charge in [0.1, 0.15) is 0 Å². The van der Waals surface area contributed by atoms with E-state index >= 15 is 0 Å². The highest BCUT2D eigenvalue weighted by atomic mass is 14.7. The second-order valence-electron chi connectivity index (χ2n) is 8.76. The van der Waals surface area contributed by atoms with Gasteiger partial charge in [0.05, 0.1) is 5.69 Å². The number of pyridine rings is 1. The quantitative estimate of drug-likeness (QED) is 0.288. The second-order valence-corrected chi connectivity index (χ2v) is 8.76. The third-order valence-electron chi connectivity index (χ3n) is 7.05. The van der Waals surface area contributed by atoms with Crippen molar-refractivity contribution < 1.29 is 0 Å². The molecular weight excluding hydrogens is 386 g/mol. The van der Waals surface area contributed by atoms with Crippen LogP contribution in [-0.4, -0.2) is 4.98 Å². The Morgan fingerprint density at radius 1 is 0.469 bits per heavy atom. The van der Waals surface area contributed by atoms with Crippen molar-refractivity contribution >= 4 is 0 Å². The summed E-state index contributed by atoms with van der Waals surface area (Å²) >= 11 is 0. The third-order valence-corrected chi connectivity index (χ3v) is 7.05. The zero-order chi connectivity index (χ0) is 21.1. The first-order chi connectivity index (χ1) is 15.9. The van der Waals surface area contributed by atoms with E-state index in [1.807, 2.05) is 6.20 Å². The predicted molar refractivity (Wildman–Crippen MR) is 132 cm³/mol. The number of hydrogen-bond donors (Lipinski definition) is 0. The molecule has 0 amide bonds. The summed E-state index contributed by atoms with van der Waals surface area (Å²) in [5.74, 6) is 0. The topological polar surface area (TPSA) is 12.9 Å². The van der Waals surface area contributed by atoms with E-state index in [4.69, 9.17) is 4.98 Å². The minimum Gasteiger partial charge on any atom is -0.256 e. The van der Waals surface area contributed by atoms with Gasteiger partial charge in [-0.15, -0.1) is 0 Å². The van der Waals surface area contributed by atoms with E-state index < -0.39 is 0 Å². The Morgan fingerprint density at radius 2 is 1.00 bits per heavy atom. The Bertz CT molecular complexity index is 1410. The summed E-state index contributed by atoms with van der Waals surface area (Å²) in [5.41, 5.74) is 16.0. The van der Waals surface area contributed by atoms with Gasteiger partial charge in [0.25, 0.3) is 0 Å². The van der Waals surface area contributed by atoms with Gasteiger partial charge < -0.3 is 0 Å². The number of fused-ring (bicyclic) bond motifs is 6. The van der Waals surface area contributed by atoms with Crippen LogP contribution in [0.2, 0.25) is 0 Å². The first-order valence-corrected chi connectivity index (χ1v) is 11.2. The van der Waals surface area contributed by atoms with Gasteiger partial charge in [-0.2, -0.15) is 0 Å². The molecule has 2 aliphatic rings. The molecule has 7 rings (SSSR count). The fourth-order valence-electron chi connectivity index (χ4n) is 5.57. The van der Waals surface area contributed by atoms with E-state index in [1.54, 1.807) is 0 Å². The molecule has 1 aromatic heterocycles. The molecule has 0 saturated heterocycles. The minimum atomic E-state index is 0.976. The van der Waals surface area contributed by atoms with Gasteiger partial charge in [-0.3, -0.25) is 4.98 Å². The SMILES string of the molecule is c1ccc2c(c1)Cc1c(-c3ccnc(-c4cccc5c4Cc4ccccc4-5)c3)cccc1-2. The minimum absolute atomic E-state index is 0.976. The lowest BCUT2D eigenvalue weighted by Gasteiger charge is -2.12. The number of benzene rings is 4. The van der Waals surface area contributed by atoms with Crippen LogP contribution in [0.15, 0.2) is 103 Å². The first kappa shape index (κ1) is 17.7. The molecule has 0 N–H and O–H groups in total. The second kappa shape index (κ2) is 6.77. The molecule has 0 spiro atoms. The first-order valence-electron chi connectivity index (χ1n) is 11.2. The van der Waals surface area contributed by atoms with Crippen LogP contribution >= 0.6 is 0 Å². The molecule has 0 saturated carbocycles. The summed E-state index contributed by atoms with van der Waals surface area (Å²) in [6.07, 6.45) is 3.94. The molecule has 1 heteroatoms. The molecule has 1 nitrogen and oxygen atoms in total. The van der Waals surface area contributed by atoms with Gasteiger partial charge in [-0.25, -0.2) is 0 Å². The Balaban J connectivity index is 1.35. The lowest BCUT2D eigenvalue weighted by atomic mass is 9.93. The van der Waals surface area contributed by atoms with E-state index in [0.717, 1.165) is 18.5 Å². The van der Waals surface area contributed by atoms with Gasteiger partial charge in [-0.05, 0) is 80.6 Å². The molecule has 0 fully saturated rings. The van der Waals surface area contributed by atoms with Crippen LogP contribution in [-0.2, 0) is 12.8 Å². The molecule has 0 radical (unpaired) electrons. The van der Waals surface area contributed by atoms with Crippen LogP contribution in [0, 0.1) is 0 Å². The van der Waals surface area contributed by atoms with E-state index in [-0.39, 0.29) is 0 Å². The Hall–Kier alpha value is -3.97. The van der Waals surface area contributed by atoms with Crippen LogP contribution in [0.3, 0.4) is 0 Å². The summed E-state index contributed by atoms with van der Waals surface area (Å²) in [7, 11) is 0. The van der Waals surface area contributed by atoms with E-state index in [9.17, 15) is 0 Å². The molecule has 1 heterocycles. The highest BCUT2D eigenvalue weighted by Crippen LogP contribution is 2.43. The fourth-order valence-corrected chi connectivity index (χ4v) is 5.57. The van der Waals surface area contributed by atoms with Crippen molar-refractivity contribution in [1.82, 2.24) is 4.98 Å². The molecule has 5 aromatic rings. The van der Waals surface area contributed by atoms with Gasteiger partial charge in [0, 0.05) is 11.8 Å². The Labute approximate surface area is 188 Å². The smallest absolute Gasteiger partial charge is 0.0711 e.